The average Bonchev–Trinajstić information content (AvgIpc) is 3.46. The molecular formula is C29H35F7O. The Kier molecular flexibility index (Phi) is 7.18. The third-order valence-corrected chi connectivity index (χ3v) is 9.17. The van der Waals surface area contributed by atoms with Gasteiger partial charge in [-0.3, -0.25) is 0 Å². The average molecular weight is 533 g/mol. The van der Waals surface area contributed by atoms with Gasteiger partial charge in [0.15, 0.2) is 0 Å². The lowest BCUT2D eigenvalue weighted by molar-refractivity contribution is -0.347. The standard InChI is InChI=1S/C29H35F7O/c1-18-16-21(19(2)23(30)17-18)8-7-20-6-4-11-25(3)22(20)9-10-24(25)26(14-15-26)12-5-13-27(37,28(31,32)33)29(34,35)36/h5,7-8,10,13,18,22-23,37H,2,4,6,9,11-12,14-17H2,1,3H3/b13-5+,20-7+,21-8-/t18?,22-,23?,25?/m0/s1. The van der Waals surface area contributed by atoms with Crippen LogP contribution in [0.5, 0.6) is 0 Å². The van der Waals surface area contributed by atoms with E-state index in [0.717, 1.165) is 49.3 Å². The lowest BCUT2D eigenvalue weighted by atomic mass is 9.61. The molecule has 0 aromatic rings. The molecule has 4 aliphatic carbocycles. The first-order valence-corrected chi connectivity index (χ1v) is 13.0. The molecule has 4 atom stereocenters. The lowest BCUT2D eigenvalue weighted by Gasteiger charge is -2.43. The van der Waals surface area contributed by atoms with Gasteiger partial charge in [0.1, 0.15) is 6.17 Å². The molecule has 0 amide bonds. The molecule has 3 fully saturated rings. The van der Waals surface area contributed by atoms with Gasteiger partial charge >= 0.3 is 12.4 Å². The summed E-state index contributed by atoms with van der Waals surface area (Å²) in [7, 11) is 0. The molecule has 206 valence electrons. The summed E-state index contributed by atoms with van der Waals surface area (Å²) < 4.78 is 92.7. The van der Waals surface area contributed by atoms with Crippen molar-refractivity contribution in [3.63, 3.8) is 0 Å². The third-order valence-electron chi connectivity index (χ3n) is 9.17. The molecule has 0 spiro atoms. The van der Waals surface area contributed by atoms with Crippen molar-refractivity contribution in [1.82, 2.24) is 0 Å². The van der Waals surface area contributed by atoms with E-state index in [2.05, 4.69) is 25.7 Å². The second-order valence-corrected chi connectivity index (χ2v) is 11.8. The first kappa shape index (κ1) is 28.2. The van der Waals surface area contributed by atoms with Crippen LogP contribution in [-0.4, -0.2) is 29.2 Å². The fourth-order valence-corrected chi connectivity index (χ4v) is 6.85. The monoisotopic (exact) mass is 532 g/mol. The first-order chi connectivity index (χ1) is 17.0. The summed E-state index contributed by atoms with van der Waals surface area (Å²) in [5.74, 6) is 0.448. The maximum atomic E-state index is 14.3. The third kappa shape index (κ3) is 4.99. The summed E-state index contributed by atoms with van der Waals surface area (Å²) in [4.78, 5) is 0. The van der Waals surface area contributed by atoms with Crippen LogP contribution in [0.1, 0.15) is 71.6 Å². The minimum Gasteiger partial charge on any atom is -0.370 e. The summed E-state index contributed by atoms with van der Waals surface area (Å²) in [6.07, 6.45) is 0.393. The highest BCUT2D eigenvalue weighted by molar-refractivity contribution is 5.42. The number of aliphatic hydroxyl groups is 1. The zero-order valence-electron chi connectivity index (χ0n) is 21.3. The smallest absolute Gasteiger partial charge is 0.370 e. The van der Waals surface area contributed by atoms with Crippen LogP contribution in [0.2, 0.25) is 0 Å². The molecule has 3 unspecified atom stereocenters. The van der Waals surface area contributed by atoms with Gasteiger partial charge in [0, 0.05) is 0 Å². The van der Waals surface area contributed by atoms with Crippen LogP contribution >= 0.6 is 0 Å². The van der Waals surface area contributed by atoms with Gasteiger partial charge in [0.25, 0.3) is 5.60 Å². The molecule has 1 nitrogen and oxygen atoms in total. The van der Waals surface area contributed by atoms with E-state index in [9.17, 15) is 35.8 Å². The Bertz CT molecular complexity index is 1020. The summed E-state index contributed by atoms with van der Waals surface area (Å²) >= 11 is 0. The first-order valence-electron chi connectivity index (χ1n) is 13.0. The van der Waals surface area contributed by atoms with Crippen molar-refractivity contribution in [3.8, 4) is 0 Å². The number of hydrogen-bond donors (Lipinski definition) is 1. The highest BCUT2D eigenvalue weighted by Gasteiger charge is 2.69. The van der Waals surface area contributed by atoms with E-state index in [1.54, 1.807) is 0 Å². The maximum Gasteiger partial charge on any atom is 0.429 e. The minimum atomic E-state index is -5.86. The van der Waals surface area contributed by atoms with Crippen LogP contribution in [0.25, 0.3) is 0 Å². The SMILES string of the molecule is C=C1/C(=C\C=C2/CCCC3(C)C(C4(C/C=C/C(O)(C(F)(F)F)C(F)(F)F)CC4)=CC[C@@H]23)CC(C)CC1F. The van der Waals surface area contributed by atoms with Crippen molar-refractivity contribution in [2.45, 2.75) is 95.8 Å². The molecule has 8 heteroatoms. The van der Waals surface area contributed by atoms with E-state index < -0.39 is 29.5 Å². The zero-order valence-corrected chi connectivity index (χ0v) is 21.3. The summed E-state index contributed by atoms with van der Waals surface area (Å²) in [6, 6.07) is 0. The van der Waals surface area contributed by atoms with Crippen molar-refractivity contribution >= 4 is 0 Å². The Morgan fingerprint density at radius 3 is 2.32 bits per heavy atom. The van der Waals surface area contributed by atoms with Crippen LogP contribution in [0.4, 0.5) is 30.7 Å². The van der Waals surface area contributed by atoms with Gasteiger partial charge in [0.2, 0.25) is 0 Å². The van der Waals surface area contributed by atoms with E-state index in [-0.39, 0.29) is 29.7 Å². The molecule has 0 radical (unpaired) electrons. The number of allylic oxidation sites excluding steroid dienone is 8. The molecule has 4 aliphatic rings. The molecular weight excluding hydrogens is 497 g/mol. The predicted molar refractivity (Wildman–Crippen MR) is 129 cm³/mol. The van der Waals surface area contributed by atoms with Crippen molar-refractivity contribution in [2.24, 2.45) is 22.7 Å². The Balaban J connectivity index is 1.53. The van der Waals surface area contributed by atoms with Gasteiger partial charge in [0.05, 0.1) is 0 Å². The van der Waals surface area contributed by atoms with Crippen molar-refractivity contribution in [1.29, 1.82) is 0 Å². The second-order valence-electron chi connectivity index (χ2n) is 11.8. The van der Waals surface area contributed by atoms with Crippen LogP contribution in [-0.2, 0) is 0 Å². The highest BCUT2D eigenvalue weighted by Crippen LogP contribution is 2.67. The van der Waals surface area contributed by atoms with Gasteiger partial charge in [-0.1, -0.05) is 55.9 Å². The van der Waals surface area contributed by atoms with Gasteiger partial charge in [-0.2, -0.15) is 26.3 Å². The summed E-state index contributed by atoms with van der Waals surface area (Å²) in [6.45, 7) is 8.12. The molecule has 3 saturated carbocycles. The highest BCUT2D eigenvalue weighted by atomic mass is 19.4. The Morgan fingerprint density at radius 2 is 1.73 bits per heavy atom. The summed E-state index contributed by atoms with van der Waals surface area (Å²) in [5.41, 5.74) is -1.70. The molecule has 4 rings (SSSR count). The number of rotatable bonds is 5. The topological polar surface area (TPSA) is 20.2 Å². The number of hydrogen-bond acceptors (Lipinski definition) is 1. The number of fused-ring (bicyclic) bond motifs is 1. The maximum absolute atomic E-state index is 14.3. The summed E-state index contributed by atoms with van der Waals surface area (Å²) in [5, 5.41) is 9.46. The molecule has 0 aromatic carbocycles. The Labute approximate surface area is 213 Å². The minimum absolute atomic E-state index is 0.0221. The fraction of sp³-hybridized carbons (Fsp3) is 0.655. The molecule has 0 bridgehead atoms. The van der Waals surface area contributed by atoms with E-state index in [4.69, 9.17) is 0 Å². The quantitative estimate of drug-likeness (QED) is 0.277. The molecule has 0 heterocycles. The van der Waals surface area contributed by atoms with Crippen molar-refractivity contribution < 1.29 is 35.8 Å². The van der Waals surface area contributed by atoms with Gasteiger partial charge in [-0.25, -0.2) is 4.39 Å². The normalized spacial score (nSPS) is 34.8. The molecule has 37 heavy (non-hydrogen) atoms. The van der Waals surface area contributed by atoms with Crippen molar-refractivity contribution in [3.05, 3.63) is 59.3 Å². The largest absolute Gasteiger partial charge is 0.429 e. The predicted octanol–water partition coefficient (Wildman–Crippen LogP) is 8.88. The van der Waals surface area contributed by atoms with E-state index in [0.29, 0.717) is 24.8 Å². The van der Waals surface area contributed by atoms with Gasteiger partial charge in [-0.15, -0.1) is 0 Å². The molecule has 1 N–H and O–H groups in total. The van der Waals surface area contributed by atoms with Gasteiger partial charge < -0.3 is 5.11 Å². The van der Waals surface area contributed by atoms with Crippen LogP contribution < -0.4 is 0 Å². The van der Waals surface area contributed by atoms with E-state index >= 15 is 0 Å². The zero-order chi connectivity index (χ0) is 27.4. The lowest BCUT2D eigenvalue weighted by Crippen LogP contribution is -2.55. The van der Waals surface area contributed by atoms with E-state index in [1.165, 1.54) is 5.57 Å². The van der Waals surface area contributed by atoms with E-state index in [1.807, 2.05) is 13.0 Å². The fourth-order valence-electron chi connectivity index (χ4n) is 6.85. The molecule has 0 aliphatic heterocycles. The number of halogens is 7. The van der Waals surface area contributed by atoms with Crippen LogP contribution in [0.3, 0.4) is 0 Å². The Hall–Kier alpha value is -1.83. The number of alkyl halides is 7. The molecule has 0 saturated heterocycles. The molecule has 0 aromatic heterocycles. The second kappa shape index (κ2) is 9.42. The van der Waals surface area contributed by atoms with Crippen LogP contribution in [0.15, 0.2) is 59.3 Å². The van der Waals surface area contributed by atoms with Gasteiger partial charge in [-0.05, 0) is 97.7 Å². The Morgan fingerprint density at radius 1 is 1.08 bits per heavy atom. The van der Waals surface area contributed by atoms with Crippen molar-refractivity contribution in [2.75, 3.05) is 0 Å². The van der Waals surface area contributed by atoms with Crippen LogP contribution in [0, 0.1) is 22.7 Å².